The molecule has 0 radical (unpaired) electrons. The molecule has 6 heteroatoms. The fourth-order valence-electron chi connectivity index (χ4n) is 1.70. The van der Waals surface area contributed by atoms with Crippen molar-refractivity contribution in [2.75, 3.05) is 4.72 Å². The van der Waals surface area contributed by atoms with E-state index in [-0.39, 0.29) is 4.90 Å². The van der Waals surface area contributed by atoms with Gasteiger partial charge in [0, 0.05) is 6.20 Å². The van der Waals surface area contributed by atoms with Gasteiger partial charge >= 0.3 is 0 Å². The smallest absolute Gasteiger partial charge is 0.265 e. The number of para-hydroxylation sites is 1. The fourth-order valence-corrected chi connectivity index (χ4v) is 2.70. The van der Waals surface area contributed by atoms with Crippen molar-refractivity contribution in [1.82, 2.24) is 10.2 Å². The molecule has 0 unspecified atom stereocenters. The van der Waals surface area contributed by atoms with E-state index in [1.165, 1.54) is 12.4 Å². The quantitative estimate of drug-likeness (QED) is 0.870. The van der Waals surface area contributed by atoms with E-state index >= 15 is 0 Å². The molecule has 5 nitrogen and oxygen atoms in total. The van der Waals surface area contributed by atoms with Gasteiger partial charge in [0.15, 0.2) is 0 Å². The zero-order valence-corrected chi connectivity index (χ0v) is 10.9. The SMILES string of the molecule is CCCc1ccccc1NS(=O)(=O)c1cn[nH]c1. The number of aryl methyl sites for hydroxylation is 1. The van der Waals surface area contributed by atoms with E-state index in [2.05, 4.69) is 21.8 Å². The number of nitrogens with zero attached hydrogens (tertiary/aromatic N) is 1. The van der Waals surface area contributed by atoms with Crippen LogP contribution in [0, 0.1) is 0 Å². The van der Waals surface area contributed by atoms with E-state index in [4.69, 9.17) is 0 Å². The lowest BCUT2D eigenvalue weighted by atomic mass is 10.1. The lowest BCUT2D eigenvalue weighted by Gasteiger charge is -2.10. The number of aromatic nitrogens is 2. The normalized spacial score (nSPS) is 11.4. The van der Waals surface area contributed by atoms with E-state index in [0.717, 1.165) is 18.4 Å². The first-order valence-corrected chi connectivity index (χ1v) is 7.21. The fraction of sp³-hybridized carbons (Fsp3) is 0.250. The van der Waals surface area contributed by atoms with E-state index in [1.807, 2.05) is 18.2 Å². The Morgan fingerprint density at radius 3 is 2.78 bits per heavy atom. The molecule has 0 bridgehead atoms. The molecule has 0 saturated heterocycles. The number of benzene rings is 1. The molecule has 18 heavy (non-hydrogen) atoms. The van der Waals surface area contributed by atoms with E-state index in [9.17, 15) is 8.42 Å². The molecule has 1 aromatic carbocycles. The maximum Gasteiger partial charge on any atom is 0.265 e. The predicted molar refractivity (Wildman–Crippen MR) is 69.8 cm³/mol. The van der Waals surface area contributed by atoms with Crippen molar-refractivity contribution in [2.24, 2.45) is 0 Å². The summed E-state index contributed by atoms with van der Waals surface area (Å²) in [7, 11) is -3.55. The van der Waals surface area contributed by atoms with Crippen molar-refractivity contribution in [3.05, 3.63) is 42.2 Å². The zero-order chi connectivity index (χ0) is 13.0. The molecule has 1 aromatic heterocycles. The molecule has 0 fully saturated rings. The molecule has 0 aliphatic carbocycles. The maximum absolute atomic E-state index is 12.0. The van der Waals surface area contributed by atoms with Gasteiger partial charge in [0.1, 0.15) is 4.90 Å². The molecular formula is C12H15N3O2S. The van der Waals surface area contributed by atoms with Crippen molar-refractivity contribution in [2.45, 2.75) is 24.7 Å². The molecule has 1 heterocycles. The van der Waals surface area contributed by atoms with Crippen LogP contribution in [0.3, 0.4) is 0 Å². The standard InChI is InChI=1S/C12H15N3O2S/c1-2-5-10-6-3-4-7-12(10)15-18(16,17)11-8-13-14-9-11/h3-4,6-9,15H,2,5H2,1H3,(H,13,14). The van der Waals surface area contributed by atoms with Crippen LogP contribution >= 0.6 is 0 Å². The van der Waals surface area contributed by atoms with Crippen LogP contribution < -0.4 is 4.72 Å². The minimum absolute atomic E-state index is 0.133. The third-order valence-corrected chi connectivity index (χ3v) is 3.90. The summed E-state index contributed by atoms with van der Waals surface area (Å²) in [6.45, 7) is 2.06. The van der Waals surface area contributed by atoms with Crippen molar-refractivity contribution in [1.29, 1.82) is 0 Å². The number of nitrogens with one attached hydrogen (secondary N) is 2. The third kappa shape index (κ3) is 2.70. The summed E-state index contributed by atoms with van der Waals surface area (Å²) in [5, 5.41) is 6.14. The van der Waals surface area contributed by atoms with Crippen LogP contribution in [0.5, 0.6) is 0 Å². The van der Waals surface area contributed by atoms with Crippen LogP contribution in [-0.4, -0.2) is 18.6 Å². The number of anilines is 1. The van der Waals surface area contributed by atoms with Crippen molar-refractivity contribution in [3.63, 3.8) is 0 Å². The summed E-state index contributed by atoms with van der Waals surface area (Å²) in [6, 6.07) is 7.41. The molecule has 2 aromatic rings. The molecule has 0 spiro atoms. The van der Waals surface area contributed by atoms with Gasteiger partial charge in [-0.3, -0.25) is 9.82 Å². The van der Waals surface area contributed by atoms with Crippen LogP contribution in [0.25, 0.3) is 0 Å². The average molecular weight is 265 g/mol. The molecule has 0 aliphatic heterocycles. The average Bonchev–Trinajstić information content (AvgIpc) is 2.86. The van der Waals surface area contributed by atoms with E-state index in [1.54, 1.807) is 6.07 Å². The highest BCUT2D eigenvalue weighted by atomic mass is 32.2. The summed E-state index contributed by atoms with van der Waals surface area (Å²) in [5.41, 5.74) is 1.62. The van der Waals surface area contributed by atoms with Gasteiger partial charge in [-0.25, -0.2) is 8.42 Å². The number of sulfonamides is 1. The largest absolute Gasteiger partial charge is 0.284 e. The van der Waals surface area contributed by atoms with Crippen LogP contribution in [0.2, 0.25) is 0 Å². The van der Waals surface area contributed by atoms with Gasteiger partial charge in [-0.15, -0.1) is 0 Å². The minimum Gasteiger partial charge on any atom is -0.284 e. The van der Waals surface area contributed by atoms with Gasteiger partial charge in [-0.2, -0.15) is 5.10 Å². The molecule has 2 N–H and O–H groups in total. The molecule has 0 aliphatic rings. The lowest BCUT2D eigenvalue weighted by Crippen LogP contribution is -2.13. The van der Waals surface area contributed by atoms with Gasteiger partial charge in [0.25, 0.3) is 10.0 Å². The summed E-state index contributed by atoms with van der Waals surface area (Å²) in [4.78, 5) is 0.133. The molecule has 0 amide bonds. The number of hydrogen-bond acceptors (Lipinski definition) is 3. The monoisotopic (exact) mass is 265 g/mol. The van der Waals surface area contributed by atoms with Crippen LogP contribution in [0.4, 0.5) is 5.69 Å². The highest BCUT2D eigenvalue weighted by Crippen LogP contribution is 2.20. The first kappa shape index (κ1) is 12.6. The topological polar surface area (TPSA) is 74.8 Å². The van der Waals surface area contributed by atoms with Crippen molar-refractivity contribution < 1.29 is 8.42 Å². The number of H-pyrrole nitrogens is 1. The van der Waals surface area contributed by atoms with Crippen molar-refractivity contribution in [3.8, 4) is 0 Å². The Morgan fingerprint density at radius 1 is 1.33 bits per heavy atom. The summed E-state index contributed by atoms with van der Waals surface area (Å²) >= 11 is 0. The van der Waals surface area contributed by atoms with Crippen LogP contribution in [0.1, 0.15) is 18.9 Å². The first-order valence-electron chi connectivity index (χ1n) is 5.73. The molecular weight excluding hydrogens is 250 g/mol. The Hall–Kier alpha value is -1.82. The maximum atomic E-state index is 12.0. The third-order valence-electron chi connectivity index (χ3n) is 2.56. The summed E-state index contributed by atoms with van der Waals surface area (Å²) in [6.07, 6.45) is 4.43. The highest BCUT2D eigenvalue weighted by Gasteiger charge is 2.16. The Morgan fingerprint density at radius 2 is 2.11 bits per heavy atom. The first-order chi connectivity index (χ1) is 8.63. The Balaban J connectivity index is 2.29. The van der Waals surface area contributed by atoms with Gasteiger partial charge in [-0.1, -0.05) is 31.5 Å². The zero-order valence-electron chi connectivity index (χ0n) is 10.1. The Labute approximate surface area is 106 Å². The Kier molecular flexibility index (Phi) is 3.66. The summed E-state index contributed by atoms with van der Waals surface area (Å²) < 4.78 is 26.7. The van der Waals surface area contributed by atoms with E-state index < -0.39 is 10.0 Å². The lowest BCUT2D eigenvalue weighted by molar-refractivity contribution is 0.601. The molecule has 96 valence electrons. The second-order valence-electron chi connectivity index (χ2n) is 3.95. The minimum atomic E-state index is -3.55. The van der Waals surface area contributed by atoms with Gasteiger partial charge < -0.3 is 0 Å². The van der Waals surface area contributed by atoms with Crippen LogP contribution in [0.15, 0.2) is 41.6 Å². The predicted octanol–water partition coefficient (Wildman–Crippen LogP) is 2.16. The number of rotatable bonds is 5. The van der Waals surface area contributed by atoms with Crippen LogP contribution in [-0.2, 0) is 16.4 Å². The van der Waals surface area contributed by atoms with Crippen molar-refractivity contribution >= 4 is 15.7 Å². The number of aromatic amines is 1. The van der Waals surface area contributed by atoms with Gasteiger partial charge in [0.2, 0.25) is 0 Å². The Bertz CT molecular complexity index is 606. The number of hydrogen-bond donors (Lipinski definition) is 2. The molecule has 0 saturated carbocycles. The summed E-state index contributed by atoms with van der Waals surface area (Å²) in [5.74, 6) is 0. The van der Waals surface area contributed by atoms with Gasteiger partial charge in [-0.05, 0) is 18.1 Å². The van der Waals surface area contributed by atoms with Gasteiger partial charge in [0.05, 0.1) is 11.9 Å². The molecule has 0 atom stereocenters. The highest BCUT2D eigenvalue weighted by molar-refractivity contribution is 7.92. The van der Waals surface area contributed by atoms with E-state index in [0.29, 0.717) is 5.69 Å². The molecule has 2 rings (SSSR count). The second-order valence-corrected chi connectivity index (χ2v) is 5.63. The second kappa shape index (κ2) is 5.22.